The molecule has 1 aromatic carbocycles. The Balaban J connectivity index is 1.61. The van der Waals surface area contributed by atoms with E-state index in [-0.39, 0.29) is 23.3 Å². The van der Waals surface area contributed by atoms with Gasteiger partial charge < -0.3 is 16.0 Å². The number of alkyl halides is 3. The quantitative estimate of drug-likeness (QED) is 0.653. The number of amides is 1. The van der Waals surface area contributed by atoms with Gasteiger partial charge in [-0.25, -0.2) is 4.79 Å². The largest absolute Gasteiger partial charge is 0.416 e. The van der Waals surface area contributed by atoms with E-state index in [4.69, 9.17) is 5.73 Å². The molecule has 1 fully saturated rings. The van der Waals surface area contributed by atoms with Crippen LogP contribution in [0.3, 0.4) is 0 Å². The van der Waals surface area contributed by atoms with Crippen molar-refractivity contribution in [3.05, 3.63) is 61.9 Å². The van der Waals surface area contributed by atoms with Crippen molar-refractivity contribution in [2.24, 2.45) is 0 Å². The van der Waals surface area contributed by atoms with E-state index in [1.54, 1.807) is 0 Å². The van der Waals surface area contributed by atoms with E-state index in [1.165, 1.54) is 12.1 Å². The molecular formula is C16H15F3N4O3. The molecule has 0 atom stereocenters. The third kappa shape index (κ3) is 3.48. The Morgan fingerprint density at radius 1 is 1.12 bits per heavy atom. The SMILES string of the molecule is Nc1c(C(=O)NC2CC(c3ccc(C(F)(F)F)cc3)C2)[nH]c(=O)[nH]c1=O. The van der Waals surface area contributed by atoms with Crippen molar-refractivity contribution in [2.45, 2.75) is 31.0 Å². The van der Waals surface area contributed by atoms with Crippen LogP contribution in [0, 0.1) is 0 Å². The van der Waals surface area contributed by atoms with Gasteiger partial charge in [0.2, 0.25) is 0 Å². The van der Waals surface area contributed by atoms with Crippen LogP contribution in [-0.4, -0.2) is 21.9 Å². The molecule has 0 bridgehead atoms. The molecule has 5 N–H and O–H groups in total. The summed E-state index contributed by atoms with van der Waals surface area (Å²) in [6.45, 7) is 0. The average molecular weight is 368 g/mol. The lowest BCUT2D eigenvalue weighted by Crippen LogP contribution is -2.45. The molecule has 3 rings (SSSR count). The monoisotopic (exact) mass is 368 g/mol. The van der Waals surface area contributed by atoms with Gasteiger partial charge in [-0.2, -0.15) is 13.2 Å². The van der Waals surface area contributed by atoms with Gasteiger partial charge in [0.05, 0.1) is 5.56 Å². The maximum atomic E-state index is 12.6. The molecule has 1 aliphatic rings. The third-order valence-electron chi connectivity index (χ3n) is 4.39. The molecule has 0 aliphatic heterocycles. The summed E-state index contributed by atoms with van der Waals surface area (Å²) in [5.41, 5.74) is 3.15. The number of aromatic nitrogens is 2. The first kappa shape index (κ1) is 17.8. The number of hydrogen-bond donors (Lipinski definition) is 4. The van der Waals surface area contributed by atoms with Crippen LogP contribution in [0.15, 0.2) is 33.9 Å². The highest BCUT2D eigenvalue weighted by atomic mass is 19.4. The lowest BCUT2D eigenvalue weighted by Gasteiger charge is -2.36. The molecule has 138 valence electrons. The molecule has 0 radical (unpaired) electrons. The maximum absolute atomic E-state index is 12.6. The number of H-pyrrole nitrogens is 2. The normalized spacial score (nSPS) is 19.7. The Kier molecular flexibility index (Phi) is 4.34. The van der Waals surface area contributed by atoms with Crippen LogP contribution in [0.4, 0.5) is 18.9 Å². The van der Waals surface area contributed by atoms with Gasteiger partial charge in [0.15, 0.2) is 0 Å². The second-order valence-electron chi connectivity index (χ2n) is 6.16. The number of nitrogens with two attached hydrogens (primary N) is 1. The minimum Gasteiger partial charge on any atom is -0.392 e. The summed E-state index contributed by atoms with van der Waals surface area (Å²) in [5, 5.41) is 2.64. The van der Waals surface area contributed by atoms with Gasteiger partial charge in [0, 0.05) is 6.04 Å². The number of halogens is 3. The summed E-state index contributed by atoms with van der Waals surface area (Å²) in [5.74, 6) is -0.653. The summed E-state index contributed by atoms with van der Waals surface area (Å²) in [6, 6.07) is 4.69. The summed E-state index contributed by atoms with van der Waals surface area (Å²) in [7, 11) is 0. The van der Waals surface area contributed by atoms with Crippen molar-refractivity contribution in [1.82, 2.24) is 15.3 Å². The van der Waals surface area contributed by atoms with Crippen molar-refractivity contribution >= 4 is 11.6 Å². The predicted octanol–water partition coefficient (Wildman–Crippen LogP) is 1.34. The van der Waals surface area contributed by atoms with Crippen LogP contribution >= 0.6 is 0 Å². The lowest BCUT2D eigenvalue weighted by molar-refractivity contribution is -0.137. The fraction of sp³-hybridized carbons (Fsp3) is 0.312. The molecule has 1 heterocycles. The van der Waals surface area contributed by atoms with Crippen LogP contribution in [0.1, 0.15) is 40.4 Å². The van der Waals surface area contributed by atoms with Gasteiger partial charge in [-0.05, 0) is 36.5 Å². The molecule has 1 amide bonds. The van der Waals surface area contributed by atoms with Gasteiger partial charge in [-0.1, -0.05) is 12.1 Å². The van der Waals surface area contributed by atoms with E-state index < -0.39 is 28.9 Å². The summed E-state index contributed by atoms with van der Waals surface area (Å²) >= 11 is 0. The molecule has 2 aromatic rings. The van der Waals surface area contributed by atoms with E-state index in [9.17, 15) is 27.6 Å². The molecule has 10 heteroatoms. The zero-order valence-corrected chi connectivity index (χ0v) is 13.3. The second-order valence-corrected chi connectivity index (χ2v) is 6.16. The number of nitrogen functional groups attached to an aromatic ring is 1. The fourth-order valence-electron chi connectivity index (χ4n) is 2.88. The molecule has 0 spiro atoms. The first-order valence-electron chi connectivity index (χ1n) is 7.75. The minimum atomic E-state index is -4.38. The van der Waals surface area contributed by atoms with Crippen LogP contribution < -0.4 is 22.3 Å². The summed E-state index contributed by atoms with van der Waals surface area (Å²) in [4.78, 5) is 38.9. The highest BCUT2D eigenvalue weighted by Crippen LogP contribution is 2.38. The minimum absolute atomic E-state index is 0.0261. The second kappa shape index (κ2) is 6.36. The first-order chi connectivity index (χ1) is 12.1. The standard InChI is InChI=1S/C16H15F3N4O3/c17-16(18,19)9-3-1-7(2-4-9)8-5-10(6-8)21-14(25)12-11(20)13(24)23-15(26)22-12/h1-4,8,10H,5-6,20H2,(H,21,25)(H2,22,23,24,26). The first-order valence-corrected chi connectivity index (χ1v) is 7.75. The number of hydrogen-bond acceptors (Lipinski definition) is 4. The van der Waals surface area contributed by atoms with E-state index in [1.807, 2.05) is 4.98 Å². The van der Waals surface area contributed by atoms with Gasteiger partial charge in [0.1, 0.15) is 11.4 Å². The molecule has 26 heavy (non-hydrogen) atoms. The van der Waals surface area contributed by atoms with Crippen molar-refractivity contribution in [1.29, 1.82) is 0 Å². The molecule has 1 aromatic heterocycles. The van der Waals surface area contributed by atoms with E-state index >= 15 is 0 Å². The summed E-state index contributed by atoms with van der Waals surface area (Å²) in [6.07, 6.45) is -3.31. The highest BCUT2D eigenvalue weighted by molar-refractivity contribution is 5.97. The molecule has 0 saturated heterocycles. The Morgan fingerprint density at radius 2 is 1.73 bits per heavy atom. The van der Waals surface area contributed by atoms with Crippen molar-refractivity contribution < 1.29 is 18.0 Å². The third-order valence-corrected chi connectivity index (χ3v) is 4.39. The Morgan fingerprint density at radius 3 is 2.31 bits per heavy atom. The van der Waals surface area contributed by atoms with Crippen LogP contribution in [0.2, 0.25) is 0 Å². The number of benzene rings is 1. The molecular weight excluding hydrogens is 353 g/mol. The topological polar surface area (TPSA) is 121 Å². The van der Waals surface area contributed by atoms with Gasteiger partial charge >= 0.3 is 11.9 Å². The molecule has 1 saturated carbocycles. The van der Waals surface area contributed by atoms with Crippen LogP contribution in [-0.2, 0) is 6.18 Å². The van der Waals surface area contributed by atoms with Crippen molar-refractivity contribution in [3.8, 4) is 0 Å². The molecule has 0 unspecified atom stereocenters. The van der Waals surface area contributed by atoms with Gasteiger partial charge in [-0.15, -0.1) is 0 Å². The smallest absolute Gasteiger partial charge is 0.392 e. The Labute approximate surface area is 144 Å². The number of carbonyl (C=O) groups excluding carboxylic acids is 1. The van der Waals surface area contributed by atoms with Crippen molar-refractivity contribution in [3.63, 3.8) is 0 Å². The molecule has 7 nitrogen and oxygen atoms in total. The number of anilines is 1. The Hall–Kier alpha value is -3.04. The number of carbonyl (C=O) groups is 1. The lowest BCUT2D eigenvalue weighted by atomic mass is 9.75. The fourth-order valence-corrected chi connectivity index (χ4v) is 2.88. The number of nitrogens with one attached hydrogen (secondary N) is 3. The van der Waals surface area contributed by atoms with Crippen LogP contribution in [0.5, 0.6) is 0 Å². The summed E-state index contributed by atoms with van der Waals surface area (Å²) < 4.78 is 37.7. The number of aromatic amines is 2. The van der Waals surface area contributed by atoms with Crippen molar-refractivity contribution in [2.75, 3.05) is 5.73 Å². The Bertz CT molecular complexity index is 941. The maximum Gasteiger partial charge on any atom is 0.416 e. The van der Waals surface area contributed by atoms with Gasteiger partial charge in [-0.3, -0.25) is 14.6 Å². The zero-order valence-electron chi connectivity index (χ0n) is 13.3. The highest BCUT2D eigenvalue weighted by Gasteiger charge is 2.34. The number of rotatable bonds is 3. The average Bonchev–Trinajstić information content (AvgIpc) is 2.53. The van der Waals surface area contributed by atoms with Gasteiger partial charge in [0.25, 0.3) is 11.5 Å². The van der Waals surface area contributed by atoms with E-state index in [0.29, 0.717) is 12.8 Å². The van der Waals surface area contributed by atoms with E-state index in [0.717, 1.165) is 17.7 Å². The predicted molar refractivity (Wildman–Crippen MR) is 86.8 cm³/mol. The van der Waals surface area contributed by atoms with E-state index in [2.05, 4.69) is 10.3 Å². The zero-order chi connectivity index (χ0) is 19.1. The molecule has 1 aliphatic carbocycles. The van der Waals surface area contributed by atoms with Crippen LogP contribution in [0.25, 0.3) is 0 Å².